The molecule has 1 aliphatic heterocycles. The molecule has 1 saturated heterocycles. The number of hydrogen-bond donors (Lipinski definition) is 0. The summed E-state index contributed by atoms with van der Waals surface area (Å²) in [5, 5.41) is 2.83. The maximum absolute atomic E-state index is 13.4. The highest BCUT2D eigenvalue weighted by atomic mass is 32.1. The summed E-state index contributed by atoms with van der Waals surface area (Å²) in [6, 6.07) is 11.8. The van der Waals surface area contributed by atoms with Crippen LogP contribution in [0.5, 0.6) is 5.75 Å². The quantitative estimate of drug-likeness (QED) is 0.450. The van der Waals surface area contributed by atoms with Gasteiger partial charge in [-0.25, -0.2) is 9.37 Å². The van der Waals surface area contributed by atoms with E-state index in [9.17, 15) is 9.18 Å². The Morgan fingerprint density at radius 2 is 1.85 bits per heavy atom. The first-order chi connectivity index (χ1) is 16.5. The van der Waals surface area contributed by atoms with Gasteiger partial charge in [-0.1, -0.05) is 6.07 Å². The van der Waals surface area contributed by atoms with E-state index >= 15 is 0 Å². The van der Waals surface area contributed by atoms with Gasteiger partial charge >= 0.3 is 0 Å². The second-order valence-corrected chi connectivity index (χ2v) is 9.47. The predicted octanol–water partition coefficient (Wildman–Crippen LogP) is 4.45. The Labute approximate surface area is 203 Å². The molecule has 0 radical (unpaired) electrons. The minimum Gasteiger partial charge on any atom is -0.486 e. The van der Waals surface area contributed by atoms with Gasteiger partial charge in [0.1, 0.15) is 23.2 Å². The third kappa shape index (κ3) is 6.85. The largest absolute Gasteiger partial charge is 0.486 e. The zero-order valence-corrected chi connectivity index (χ0v) is 20.4. The second kappa shape index (κ2) is 11.6. The van der Waals surface area contributed by atoms with E-state index in [1.54, 1.807) is 4.90 Å². The van der Waals surface area contributed by atoms with E-state index in [2.05, 4.69) is 11.0 Å². The van der Waals surface area contributed by atoms with E-state index in [-0.39, 0.29) is 11.7 Å². The van der Waals surface area contributed by atoms with Crippen molar-refractivity contribution >= 4 is 17.2 Å². The molecule has 0 atom stereocenters. The number of aromatic nitrogens is 1. The molecule has 34 heavy (non-hydrogen) atoms. The summed E-state index contributed by atoms with van der Waals surface area (Å²) < 4.78 is 24.7. The van der Waals surface area contributed by atoms with Crippen LogP contribution in [0.15, 0.2) is 47.8 Å². The number of halogens is 1. The lowest BCUT2D eigenvalue weighted by atomic mass is 10.1. The van der Waals surface area contributed by atoms with Crippen molar-refractivity contribution in [3.8, 4) is 5.75 Å². The van der Waals surface area contributed by atoms with Crippen LogP contribution in [-0.2, 0) is 17.9 Å². The summed E-state index contributed by atoms with van der Waals surface area (Å²) in [5.41, 5.74) is 3.61. The van der Waals surface area contributed by atoms with Crippen LogP contribution in [0.4, 0.5) is 4.39 Å². The molecule has 6 nitrogen and oxygen atoms in total. The maximum atomic E-state index is 13.4. The van der Waals surface area contributed by atoms with E-state index in [4.69, 9.17) is 14.5 Å². The van der Waals surface area contributed by atoms with Crippen LogP contribution in [0, 0.1) is 19.7 Å². The molecule has 3 aromatic rings. The summed E-state index contributed by atoms with van der Waals surface area (Å²) in [6.07, 6.45) is 0. The Morgan fingerprint density at radius 3 is 2.56 bits per heavy atom. The number of benzene rings is 2. The van der Waals surface area contributed by atoms with E-state index in [1.165, 1.54) is 35.6 Å². The lowest BCUT2D eigenvalue weighted by Gasteiger charge is -2.30. The number of carbonyl (C=O) groups excluding carboxylic acids is 1. The molecule has 0 N–H and O–H groups in total. The van der Waals surface area contributed by atoms with Gasteiger partial charge in [0.05, 0.1) is 25.5 Å². The Balaban J connectivity index is 1.41. The minimum atomic E-state index is -0.357. The van der Waals surface area contributed by atoms with Crippen molar-refractivity contribution in [1.82, 2.24) is 14.8 Å². The summed E-state index contributed by atoms with van der Waals surface area (Å²) in [4.78, 5) is 22.0. The standard InChI is InChI=1S/C26H30FN3O3S/c1-19-13-20(2)15-24(14-19)33-17-25-28-23(18-34-25)16-30(8-7-29-9-11-32-12-10-29)26(31)21-3-5-22(27)6-4-21/h3-6,13-15,18H,7-12,16-17H2,1-2H3. The number of ether oxygens (including phenoxy) is 2. The molecule has 2 aromatic carbocycles. The Bertz CT molecular complexity index is 1080. The van der Waals surface area contributed by atoms with Gasteiger partial charge in [0, 0.05) is 37.1 Å². The maximum Gasteiger partial charge on any atom is 0.254 e. The SMILES string of the molecule is Cc1cc(C)cc(OCc2nc(CN(CCN3CCOCC3)C(=O)c3ccc(F)cc3)cs2)c1. The van der Waals surface area contributed by atoms with Crippen molar-refractivity contribution in [2.24, 2.45) is 0 Å². The Hall–Kier alpha value is -2.81. The molecule has 0 aliphatic carbocycles. The highest BCUT2D eigenvalue weighted by Gasteiger charge is 2.20. The van der Waals surface area contributed by atoms with Gasteiger partial charge in [-0.15, -0.1) is 11.3 Å². The second-order valence-electron chi connectivity index (χ2n) is 8.53. The number of carbonyl (C=O) groups is 1. The zero-order chi connectivity index (χ0) is 23.9. The fourth-order valence-corrected chi connectivity index (χ4v) is 4.66. The van der Waals surface area contributed by atoms with Crippen molar-refractivity contribution in [2.75, 3.05) is 39.4 Å². The van der Waals surface area contributed by atoms with Gasteiger partial charge in [-0.2, -0.15) is 0 Å². The number of amides is 1. The first-order valence-electron chi connectivity index (χ1n) is 11.5. The van der Waals surface area contributed by atoms with Crippen molar-refractivity contribution in [2.45, 2.75) is 27.0 Å². The Kier molecular flexibility index (Phi) is 8.26. The van der Waals surface area contributed by atoms with Gasteiger partial charge in [0.2, 0.25) is 0 Å². The third-order valence-corrected chi connectivity index (χ3v) is 6.55. The van der Waals surface area contributed by atoms with Gasteiger partial charge in [-0.3, -0.25) is 9.69 Å². The van der Waals surface area contributed by atoms with E-state index in [1.807, 2.05) is 31.4 Å². The molecular formula is C26H30FN3O3S. The van der Waals surface area contributed by atoms with Crippen LogP contribution >= 0.6 is 11.3 Å². The molecule has 180 valence electrons. The molecule has 1 fully saturated rings. The topological polar surface area (TPSA) is 54.9 Å². The van der Waals surface area contributed by atoms with Crippen LogP contribution in [0.25, 0.3) is 0 Å². The van der Waals surface area contributed by atoms with E-state index in [0.717, 1.165) is 47.2 Å². The molecule has 0 unspecified atom stereocenters. The summed E-state index contributed by atoms with van der Waals surface area (Å²) in [6.45, 7) is 9.31. The average Bonchev–Trinajstić information content (AvgIpc) is 3.28. The van der Waals surface area contributed by atoms with Crippen LogP contribution in [0.3, 0.4) is 0 Å². The molecule has 0 bridgehead atoms. The first kappa shape index (κ1) is 24.3. The molecule has 2 heterocycles. The monoisotopic (exact) mass is 483 g/mol. The number of aryl methyl sites for hydroxylation is 2. The third-order valence-electron chi connectivity index (χ3n) is 5.68. The van der Waals surface area contributed by atoms with Crippen LogP contribution in [-0.4, -0.2) is 60.1 Å². The number of hydrogen-bond acceptors (Lipinski definition) is 6. The smallest absolute Gasteiger partial charge is 0.254 e. The zero-order valence-electron chi connectivity index (χ0n) is 19.6. The fraction of sp³-hybridized carbons (Fsp3) is 0.385. The highest BCUT2D eigenvalue weighted by molar-refractivity contribution is 7.09. The molecule has 1 aromatic heterocycles. The molecule has 0 spiro atoms. The van der Waals surface area contributed by atoms with Crippen molar-refractivity contribution in [3.63, 3.8) is 0 Å². The molecule has 1 aliphatic rings. The van der Waals surface area contributed by atoms with Crippen LogP contribution < -0.4 is 4.74 Å². The van der Waals surface area contributed by atoms with Crippen LogP contribution in [0.1, 0.15) is 32.2 Å². The Morgan fingerprint density at radius 1 is 1.15 bits per heavy atom. The van der Waals surface area contributed by atoms with Crippen molar-refractivity contribution in [3.05, 3.63) is 81.1 Å². The van der Waals surface area contributed by atoms with Crippen LogP contribution in [0.2, 0.25) is 0 Å². The van der Waals surface area contributed by atoms with Crippen molar-refractivity contribution in [1.29, 1.82) is 0 Å². The normalized spacial score (nSPS) is 14.2. The first-order valence-corrected chi connectivity index (χ1v) is 12.3. The van der Waals surface area contributed by atoms with Gasteiger partial charge in [0.25, 0.3) is 5.91 Å². The lowest BCUT2D eigenvalue weighted by molar-refractivity contribution is 0.0319. The van der Waals surface area contributed by atoms with Gasteiger partial charge in [0.15, 0.2) is 0 Å². The predicted molar refractivity (Wildman–Crippen MR) is 131 cm³/mol. The molecule has 4 rings (SSSR count). The highest BCUT2D eigenvalue weighted by Crippen LogP contribution is 2.20. The molecule has 0 saturated carbocycles. The summed E-state index contributed by atoms with van der Waals surface area (Å²) >= 11 is 1.52. The molecule has 1 amide bonds. The molecular weight excluding hydrogens is 453 g/mol. The molecule has 8 heteroatoms. The summed E-state index contributed by atoms with van der Waals surface area (Å²) in [7, 11) is 0. The summed E-state index contributed by atoms with van der Waals surface area (Å²) in [5.74, 6) is 0.339. The minimum absolute atomic E-state index is 0.130. The average molecular weight is 484 g/mol. The van der Waals surface area contributed by atoms with Gasteiger partial charge < -0.3 is 14.4 Å². The van der Waals surface area contributed by atoms with E-state index < -0.39 is 0 Å². The lowest BCUT2D eigenvalue weighted by Crippen LogP contribution is -2.43. The van der Waals surface area contributed by atoms with Crippen molar-refractivity contribution < 1.29 is 18.7 Å². The number of rotatable bonds is 9. The van der Waals surface area contributed by atoms with Gasteiger partial charge in [-0.05, 0) is 61.4 Å². The number of morpholine rings is 1. The van der Waals surface area contributed by atoms with E-state index in [0.29, 0.717) is 38.5 Å². The fourth-order valence-electron chi connectivity index (χ4n) is 3.96. The number of nitrogens with zero attached hydrogens (tertiary/aromatic N) is 3. The number of thiazole rings is 1.